The molecule has 1 aliphatic rings. The summed E-state index contributed by atoms with van der Waals surface area (Å²) in [6.07, 6.45) is 11.2. The van der Waals surface area contributed by atoms with Gasteiger partial charge in [0.2, 0.25) is 0 Å². The van der Waals surface area contributed by atoms with Crippen LogP contribution >= 0.6 is 0 Å². The summed E-state index contributed by atoms with van der Waals surface area (Å²) in [6, 6.07) is 14.5. The first-order valence-corrected chi connectivity index (χ1v) is 12.5. The normalized spacial score (nSPS) is 18.4. The lowest BCUT2D eigenvalue weighted by atomic mass is 9.92. The molecule has 3 rings (SSSR count). The summed E-state index contributed by atoms with van der Waals surface area (Å²) in [6.45, 7) is 6.74. The molecule has 1 fully saturated rings. The Labute approximate surface area is 199 Å². The number of unbranched alkanes of at least 4 members (excludes halogenated alkanes) is 3. The quantitative estimate of drug-likeness (QED) is 0.304. The molecule has 0 bridgehead atoms. The third-order valence-corrected chi connectivity index (χ3v) is 6.74. The SMILES string of the molecule is C=CCN(C)CCCCCCO[C@H]1CC[C@H](N(C)C(=O)Nc2ccc3ccccc3c2)CC1. The topological polar surface area (TPSA) is 44.8 Å². The van der Waals surface area contributed by atoms with Crippen LogP contribution in [0.2, 0.25) is 0 Å². The Kier molecular flexibility index (Phi) is 10.2. The monoisotopic (exact) mass is 451 g/mol. The van der Waals surface area contributed by atoms with E-state index in [0.717, 1.165) is 62.9 Å². The van der Waals surface area contributed by atoms with Gasteiger partial charge < -0.3 is 19.9 Å². The minimum Gasteiger partial charge on any atom is -0.378 e. The number of hydrogen-bond donors (Lipinski definition) is 1. The number of amides is 2. The fourth-order valence-corrected chi connectivity index (χ4v) is 4.64. The van der Waals surface area contributed by atoms with Gasteiger partial charge in [0, 0.05) is 31.9 Å². The number of hydrogen-bond acceptors (Lipinski definition) is 3. The van der Waals surface area contributed by atoms with Crippen LogP contribution < -0.4 is 5.32 Å². The Bertz CT molecular complexity index is 876. The van der Waals surface area contributed by atoms with Crippen LogP contribution in [0.25, 0.3) is 10.8 Å². The van der Waals surface area contributed by atoms with E-state index >= 15 is 0 Å². The van der Waals surface area contributed by atoms with E-state index in [4.69, 9.17) is 4.74 Å². The molecule has 2 aromatic carbocycles. The van der Waals surface area contributed by atoms with Crippen molar-refractivity contribution in [3.63, 3.8) is 0 Å². The van der Waals surface area contributed by atoms with E-state index in [-0.39, 0.29) is 12.1 Å². The van der Waals surface area contributed by atoms with Crippen molar-refractivity contribution in [1.82, 2.24) is 9.80 Å². The highest BCUT2D eigenvalue weighted by Gasteiger charge is 2.27. The second kappa shape index (κ2) is 13.4. The molecule has 1 N–H and O–H groups in total. The van der Waals surface area contributed by atoms with Crippen molar-refractivity contribution < 1.29 is 9.53 Å². The van der Waals surface area contributed by atoms with Crippen molar-refractivity contribution in [3.8, 4) is 0 Å². The summed E-state index contributed by atoms with van der Waals surface area (Å²) in [5.41, 5.74) is 0.843. The third-order valence-electron chi connectivity index (χ3n) is 6.74. The minimum absolute atomic E-state index is 0.0339. The van der Waals surface area contributed by atoms with Gasteiger partial charge >= 0.3 is 6.03 Å². The molecule has 2 aromatic rings. The van der Waals surface area contributed by atoms with E-state index in [1.807, 2.05) is 42.3 Å². The summed E-state index contributed by atoms with van der Waals surface area (Å²) in [5.74, 6) is 0. The van der Waals surface area contributed by atoms with Crippen LogP contribution in [0.4, 0.5) is 10.5 Å². The Balaban J connectivity index is 1.30. The second-order valence-corrected chi connectivity index (χ2v) is 9.37. The summed E-state index contributed by atoms with van der Waals surface area (Å²) in [4.78, 5) is 17.0. The molecule has 2 amide bonds. The molecule has 33 heavy (non-hydrogen) atoms. The molecule has 1 saturated carbocycles. The lowest BCUT2D eigenvalue weighted by molar-refractivity contribution is 0.0130. The van der Waals surface area contributed by atoms with Crippen LogP contribution in [0.1, 0.15) is 51.4 Å². The second-order valence-electron chi connectivity index (χ2n) is 9.37. The molecular weight excluding hydrogens is 410 g/mol. The molecule has 0 spiro atoms. The molecule has 0 unspecified atom stereocenters. The Morgan fingerprint density at radius 1 is 1.03 bits per heavy atom. The summed E-state index contributed by atoms with van der Waals surface area (Å²) in [7, 11) is 4.06. The fourth-order valence-electron chi connectivity index (χ4n) is 4.64. The van der Waals surface area contributed by atoms with Crippen molar-refractivity contribution in [2.24, 2.45) is 0 Å². The largest absolute Gasteiger partial charge is 0.378 e. The van der Waals surface area contributed by atoms with E-state index in [1.54, 1.807) is 0 Å². The van der Waals surface area contributed by atoms with Crippen molar-refractivity contribution in [3.05, 3.63) is 55.1 Å². The maximum absolute atomic E-state index is 12.8. The number of anilines is 1. The van der Waals surface area contributed by atoms with Gasteiger partial charge in [0.15, 0.2) is 0 Å². The molecule has 0 atom stereocenters. The average Bonchev–Trinajstić information content (AvgIpc) is 2.83. The van der Waals surface area contributed by atoms with Gasteiger partial charge in [-0.2, -0.15) is 0 Å². The molecular formula is C28H41N3O2. The Hall–Kier alpha value is -2.37. The number of ether oxygens (including phenoxy) is 1. The van der Waals surface area contributed by atoms with Gasteiger partial charge in [-0.15, -0.1) is 6.58 Å². The maximum Gasteiger partial charge on any atom is 0.321 e. The third kappa shape index (κ3) is 8.17. The van der Waals surface area contributed by atoms with Crippen LogP contribution in [0.5, 0.6) is 0 Å². The first-order chi connectivity index (χ1) is 16.1. The highest BCUT2D eigenvalue weighted by molar-refractivity contribution is 5.93. The van der Waals surface area contributed by atoms with Crippen LogP contribution in [0, 0.1) is 0 Å². The molecule has 0 saturated heterocycles. The first-order valence-electron chi connectivity index (χ1n) is 12.5. The van der Waals surface area contributed by atoms with Crippen LogP contribution in [-0.2, 0) is 4.74 Å². The van der Waals surface area contributed by atoms with Gasteiger partial charge in [-0.05, 0) is 75.0 Å². The number of nitrogens with zero attached hydrogens (tertiary/aromatic N) is 2. The predicted octanol–water partition coefficient (Wildman–Crippen LogP) is 6.31. The van der Waals surface area contributed by atoms with Gasteiger partial charge in [-0.25, -0.2) is 4.79 Å². The molecule has 5 nitrogen and oxygen atoms in total. The number of carbonyl (C=O) groups excluding carboxylic acids is 1. The van der Waals surface area contributed by atoms with Crippen molar-refractivity contribution in [2.75, 3.05) is 39.1 Å². The first kappa shape index (κ1) is 25.3. The molecule has 1 aliphatic carbocycles. The van der Waals surface area contributed by atoms with Crippen LogP contribution in [0.3, 0.4) is 0 Å². The standard InChI is InChI=1S/C28H41N3O2/c1-4-19-30(2)20-9-5-6-10-21-33-27-17-15-26(16-18-27)31(3)28(32)29-25-14-13-23-11-7-8-12-24(23)22-25/h4,7-8,11-14,22,26-27H,1,5-6,9-10,15-21H2,2-3H3,(H,29,32)/t26-,27-. The van der Waals surface area contributed by atoms with Gasteiger partial charge in [0.1, 0.15) is 0 Å². The predicted molar refractivity (Wildman–Crippen MR) is 139 cm³/mol. The van der Waals surface area contributed by atoms with Crippen LogP contribution in [0.15, 0.2) is 55.1 Å². The van der Waals surface area contributed by atoms with Gasteiger partial charge in [-0.1, -0.05) is 49.2 Å². The van der Waals surface area contributed by atoms with E-state index in [9.17, 15) is 4.79 Å². The maximum atomic E-state index is 12.8. The summed E-state index contributed by atoms with van der Waals surface area (Å²) < 4.78 is 6.13. The van der Waals surface area contributed by atoms with Crippen molar-refractivity contribution in [1.29, 1.82) is 0 Å². The number of fused-ring (bicyclic) bond motifs is 1. The number of nitrogens with one attached hydrogen (secondary N) is 1. The molecule has 5 heteroatoms. The highest BCUT2D eigenvalue weighted by atomic mass is 16.5. The average molecular weight is 452 g/mol. The zero-order valence-corrected chi connectivity index (χ0v) is 20.5. The molecule has 0 heterocycles. The Morgan fingerprint density at radius 2 is 1.76 bits per heavy atom. The molecule has 0 aliphatic heterocycles. The van der Waals surface area contributed by atoms with Gasteiger partial charge in [-0.3, -0.25) is 0 Å². The number of likely N-dealkylation sites (N-methyl/N-ethyl adjacent to an activating group) is 1. The summed E-state index contributed by atoms with van der Waals surface area (Å²) >= 11 is 0. The minimum atomic E-state index is -0.0339. The highest BCUT2D eigenvalue weighted by Crippen LogP contribution is 2.26. The lowest BCUT2D eigenvalue weighted by Crippen LogP contribution is -2.42. The number of benzene rings is 2. The van der Waals surface area contributed by atoms with Gasteiger partial charge in [0.05, 0.1) is 6.10 Å². The van der Waals surface area contributed by atoms with E-state index in [0.29, 0.717) is 6.10 Å². The zero-order valence-electron chi connectivity index (χ0n) is 20.5. The number of carbonyl (C=O) groups is 1. The van der Waals surface area contributed by atoms with Crippen LogP contribution in [-0.4, -0.2) is 61.8 Å². The van der Waals surface area contributed by atoms with Crippen molar-refractivity contribution >= 4 is 22.5 Å². The number of urea groups is 1. The molecule has 0 radical (unpaired) electrons. The number of rotatable bonds is 12. The van der Waals surface area contributed by atoms with E-state index in [1.165, 1.54) is 24.6 Å². The summed E-state index contributed by atoms with van der Waals surface area (Å²) in [5, 5.41) is 5.38. The van der Waals surface area contributed by atoms with E-state index in [2.05, 4.69) is 42.0 Å². The van der Waals surface area contributed by atoms with E-state index < -0.39 is 0 Å². The Morgan fingerprint density at radius 3 is 2.52 bits per heavy atom. The molecule has 180 valence electrons. The lowest BCUT2D eigenvalue weighted by Gasteiger charge is -2.34. The van der Waals surface area contributed by atoms with Crippen molar-refractivity contribution in [2.45, 2.75) is 63.5 Å². The van der Waals surface area contributed by atoms with Gasteiger partial charge in [0.25, 0.3) is 0 Å². The smallest absolute Gasteiger partial charge is 0.321 e. The zero-order chi connectivity index (χ0) is 23.5. The molecule has 0 aromatic heterocycles. The fraction of sp³-hybridized carbons (Fsp3) is 0.536.